The molecule has 0 aliphatic carbocycles. The van der Waals surface area contributed by atoms with Crippen molar-refractivity contribution in [3.63, 3.8) is 0 Å². The fourth-order valence-corrected chi connectivity index (χ4v) is 2.43. The third-order valence-electron chi connectivity index (χ3n) is 3.64. The summed E-state index contributed by atoms with van der Waals surface area (Å²) in [5, 5.41) is 9.60. The molecular weight excluding hydrogens is 261 g/mol. The third kappa shape index (κ3) is 1.99. The summed E-state index contributed by atoms with van der Waals surface area (Å²) >= 11 is 0. The number of hydrogen-bond acceptors (Lipinski definition) is 2. The Bertz CT molecular complexity index is 749. The zero-order valence-electron chi connectivity index (χ0n) is 11.6. The average molecular weight is 277 g/mol. The topological polar surface area (TPSA) is 59.3 Å². The van der Waals surface area contributed by atoms with Crippen LogP contribution in [0.3, 0.4) is 0 Å². The van der Waals surface area contributed by atoms with Gasteiger partial charge >= 0.3 is 5.97 Å². The number of fused-ring (bicyclic) bond motifs is 1. The highest BCUT2D eigenvalue weighted by atomic mass is 19.1. The number of carboxylic acid groups (broad SMARTS) is 1. The first kappa shape index (κ1) is 14.2. The van der Waals surface area contributed by atoms with Crippen LogP contribution >= 0.6 is 0 Å². The summed E-state index contributed by atoms with van der Waals surface area (Å²) in [7, 11) is 0. The first-order valence-corrected chi connectivity index (χ1v) is 6.46. The van der Waals surface area contributed by atoms with Gasteiger partial charge in [0.25, 0.3) is 0 Å². The molecule has 1 aromatic carbocycles. The molecule has 2 aromatic rings. The number of halogens is 1. The number of pyridine rings is 1. The minimum Gasteiger partial charge on any atom is -0.477 e. The van der Waals surface area contributed by atoms with Gasteiger partial charge in [-0.05, 0) is 32.4 Å². The first-order chi connectivity index (χ1) is 9.40. The second-order valence-electron chi connectivity index (χ2n) is 4.87. The molecule has 1 atom stereocenters. The first-order valence-electron chi connectivity index (χ1n) is 6.46. The second kappa shape index (κ2) is 5.07. The fourth-order valence-electron chi connectivity index (χ4n) is 2.43. The number of para-hydroxylation sites is 1. The minimum absolute atomic E-state index is 0.0647. The van der Waals surface area contributed by atoms with Crippen LogP contribution in [0.1, 0.15) is 42.4 Å². The summed E-state index contributed by atoms with van der Waals surface area (Å²) in [5.74, 6) is -1.80. The lowest BCUT2D eigenvalue weighted by atomic mass is 10.1. The van der Waals surface area contributed by atoms with E-state index >= 15 is 0 Å². The molecule has 0 amide bonds. The smallest absolute Gasteiger partial charge is 0.352 e. The van der Waals surface area contributed by atoms with Gasteiger partial charge in [-0.3, -0.25) is 4.79 Å². The molecule has 5 heteroatoms. The Kier molecular flexibility index (Phi) is 3.61. The monoisotopic (exact) mass is 277 g/mol. The van der Waals surface area contributed by atoms with E-state index in [4.69, 9.17) is 0 Å². The molecule has 0 spiro atoms. The van der Waals surface area contributed by atoms with Gasteiger partial charge in [0.15, 0.2) is 5.43 Å². The normalized spacial score (nSPS) is 12.6. The standard InChI is InChI=1S/C15H16FNO3/c1-4-8(2)17-12(15(19)20)9(3)14(18)10-6-5-7-11(16)13(10)17/h5-8H,4H2,1-3H3,(H,19,20). The van der Waals surface area contributed by atoms with E-state index in [1.54, 1.807) is 0 Å². The van der Waals surface area contributed by atoms with E-state index in [0.29, 0.717) is 6.42 Å². The van der Waals surface area contributed by atoms with Crippen molar-refractivity contribution in [1.82, 2.24) is 4.57 Å². The zero-order chi connectivity index (χ0) is 15.0. The molecule has 1 N–H and O–H groups in total. The Morgan fingerprint density at radius 2 is 2.10 bits per heavy atom. The van der Waals surface area contributed by atoms with Crippen LogP contribution in [0.4, 0.5) is 4.39 Å². The number of hydrogen-bond donors (Lipinski definition) is 1. The van der Waals surface area contributed by atoms with Gasteiger partial charge in [0.2, 0.25) is 0 Å². The van der Waals surface area contributed by atoms with Crippen molar-refractivity contribution in [3.05, 3.63) is 45.5 Å². The maximum atomic E-state index is 14.1. The minimum atomic E-state index is -1.22. The van der Waals surface area contributed by atoms with E-state index in [2.05, 4.69) is 0 Å². The largest absolute Gasteiger partial charge is 0.477 e. The molecular formula is C15H16FNO3. The average Bonchev–Trinajstić information content (AvgIpc) is 2.41. The van der Waals surface area contributed by atoms with Crippen molar-refractivity contribution < 1.29 is 14.3 Å². The van der Waals surface area contributed by atoms with Crippen molar-refractivity contribution >= 4 is 16.9 Å². The predicted molar refractivity (Wildman–Crippen MR) is 74.9 cm³/mol. The SMILES string of the molecule is CCC(C)n1c(C(=O)O)c(C)c(=O)c2cccc(F)c21. The molecule has 0 saturated heterocycles. The van der Waals surface area contributed by atoms with Crippen LogP contribution < -0.4 is 5.43 Å². The van der Waals surface area contributed by atoms with E-state index < -0.39 is 17.2 Å². The Labute approximate surface area is 115 Å². The quantitative estimate of drug-likeness (QED) is 0.937. The molecule has 0 fully saturated rings. The van der Waals surface area contributed by atoms with Crippen molar-refractivity contribution in [3.8, 4) is 0 Å². The summed E-state index contributed by atoms with van der Waals surface area (Å²) in [6.45, 7) is 5.16. The highest BCUT2D eigenvalue weighted by Crippen LogP contribution is 2.25. The summed E-state index contributed by atoms with van der Waals surface area (Å²) in [4.78, 5) is 23.7. The summed E-state index contributed by atoms with van der Waals surface area (Å²) < 4.78 is 15.6. The number of rotatable bonds is 3. The molecule has 0 saturated carbocycles. The molecule has 106 valence electrons. The maximum Gasteiger partial charge on any atom is 0.352 e. The lowest BCUT2D eigenvalue weighted by molar-refractivity contribution is 0.0681. The van der Waals surface area contributed by atoms with Crippen molar-refractivity contribution in [2.45, 2.75) is 33.2 Å². The molecule has 20 heavy (non-hydrogen) atoms. The summed E-state index contributed by atoms with van der Waals surface area (Å²) in [6, 6.07) is 4.00. The Morgan fingerprint density at radius 3 is 2.65 bits per heavy atom. The van der Waals surface area contributed by atoms with E-state index in [1.807, 2.05) is 13.8 Å². The summed E-state index contributed by atoms with van der Waals surface area (Å²) in [5.41, 5.74) is -0.371. The Hall–Kier alpha value is -2.17. The van der Waals surface area contributed by atoms with Gasteiger partial charge < -0.3 is 9.67 Å². The lowest BCUT2D eigenvalue weighted by Crippen LogP contribution is -2.24. The Balaban J connectivity index is 3.11. The molecule has 0 bridgehead atoms. The van der Waals surface area contributed by atoms with Gasteiger partial charge in [-0.15, -0.1) is 0 Å². The van der Waals surface area contributed by atoms with Gasteiger partial charge in [-0.2, -0.15) is 0 Å². The third-order valence-corrected chi connectivity index (χ3v) is 3.64. The molecule has 0 aliphatic heterocycles. The highest BCUT2D eigenvalue weighted by molar-refractivity contribution is 5.92. The second-order valence-corrected chi connectivity index (χ2v) is 4.87. The number of benzene rings is 1. The van der Waals surface area contributed by atoms with E-state index in [-0.39, 0.29) is 28.2 Å². The predicted octanol–water partition coefficient (Wildman–Crippen LogP) is 3.12. The van der Waals surface area contributed by atoms with Crippen molar-refractivity contribution in [1.29, 1.82) is 0 Å². The van der Waals surface area contributed by atoms with Crippen LogP contribution in [0.15, 0.2) is 23.0 Å². The van der Waals surface area contributed by atoms with Gasteiger partial charge in [0.1, 0.15) is 11.5 Å². The molecule has 2 rings (SSSR count). The van der Waals surface area contributed by atoms with Gasteiger partial charge in [0, 0.05) is 17.0 Å². The van der Waals surface area contributed by atoms with Crippen LogP contribution in [0.2, 0.25) is 0 Å². The fraction of sp³-hybridized carbons (Fsp3) is 0.333. The Morgan fingerprint density at radius 1 is 1.45 bits per heavy atom. The number of aromatic carboxylic acids is 1. The molecule has 0 aliphatic rings. The molecule has 0 radical (unpaired) electrons. The van der Waals surface area contributed by atoms with Crippen molar-refractivity contribution in [2.75, 3.05) is 0 Å². The summed E-state index contributed by atoms with van der Waals surface area (Å²) in [6.07, 6.45) is 0.631. The van der Waals surface area contributed by atoms with Gasteiger partial charge in [-0.1, -0.05) is 13.0 Å². The van der Waals surface area contributed by atoms with Crippen LogP contribution in [-0.4, -0.2) is 15.6 Å². The number of carboxylic acids is 1. The molecule has 1 aromatic heterocycles. The van der Waals surface area contributed by atoms with Crippen LogP contribution in [0, 0.1) is 12.7 Å². The number of carbonyl (C=O) groups is 1. The molecule has 4 nitrogen and oxygen atoms in total. The van der Waals surface area contributed by atoms with Gasteiger partial charge in [0.05, 0.1) is 5.52 Å². The van der Waals surface area contributed by atoms with Gasteiger partial charge in [-0.25, -0.2) is 9.18 Å². The van der Waals surface area contributed by atoms with E-state index in [1.165, 1.54) is 29.7 Å². The highest BCUT2D eigenvalue weighted by Gasteiger charge is 2.23. The van der Waals surface area contributed by atoms with Crippen LogP contribution in [0.5, 0.6) is 0 Å². The number of nitrogens with zero attached hydrogens (tertiary/aromatic N) is 1. The van der Waals surface area contributed by atoms with E-state index in [9.17, 15) is 19.1 Å². The molecule has 1 unspecified atom stereocenters. The van der Waals surface area contributed by atoms with Crippen LogP contribution in [-0.2, 0) is 0 Å². The van der Waals surface area contributed by atoms with Crippen LogP contribution in [0.25, 0.3) is 10.9 Å². The van der Waals surface area contributed by atoms with Crippen molar-refractivity contribution in [2.24, 2.45) is 0 Å². The maximum absolute atomic E-state index is 14.1. The van der Waals surface area contributed by atoms with E-state index in [0.717, 1.165) is 0 Å². The zero-order valence-corrected chi connectivity index (χ0v) is 11.6. The lowest BCUT2D eigenvalue weighted by Gasteiger charge is -2.22. The number of aromatic nitrogens is 1. The molecule has 1 heterocycles.